The van der Waals surface area contributed by atoms with E-state index in [2.05, 4.69) is 15.9 Å². The fourth-order valence-corrected chi connectivity index (χ4v) is 3.64. The SMILES string of the molecule is CC(C)(C)OC(=O)C1(C(C[N+](=O)[O-])c2ccc(Br)cc2)CCCC1=O. The molecule has 0 saturated heterocycles. The van der Waals surface area contributed by atoms with Gasteiger partial charge in [-0.1, -0.05) is 28.1 Å². The van der Waals surface area contributed by atoms with Gasteiger partial charge in [0.2, 0.25) is 6.54 Å². The summed E-state index contributed by atoms with van der Waals surface area (Å²) in [6.45, 7) is 4.67. The highest BCUT2D eigenvalue weighted by atomic mass is 79.9. The molecule has 0 heterocycles. The van der Waals surface area contributed by atoms with Crippen molar-refractivity contribution in [1.29, 1.82) is 0 Å². The van der Waals surface area contributed by atoms with Crippen LogP contribution in [0.5, 0.6) is 0 Å². The number of hydrogen-bond acceptors (Lipinski definition) is 5. The van der Waals surface area contributed by atoms with E-state index < -0.39 is 34.4 Å². The Hall–Kier alpha value is -1.76. The predicted octanol–water partition coefficient (Wildman–Crippen LogP) is 3.89. The number of benzene rings is 1. The molecule has 6 nitrogen and oxygen atoms in total. The summed E-state index contributed by atoms with van der Waals surface area (Å²) in [4.78, 5) is 36.6. The molecule has 0 aliphatic heterocycles. The molecule has 2 unspecified atom stereocenters. The second kappa shape index (κ2) is 7.23. The maximum atomic E-state index is 13.0. The Morgan fingerprint density at radius 2 is 1.96 bits per heavy atom. The van der Waals surface area contributed by atoms with Crippen LogP contribution in [0.3, 0.4) is 0 Å². The Bertz CT molecular complexity index is 680. The average molecular weight is 412 g/mol. The fourth-order valence-electron chi connectivity index (χ4n) is 3.38. The first-order chi connectivity index (χ1) is 11.6. The first-order valence-electron chi connectivity index (χ1n) is 8.20. The third-order valence-corrected chi connectivity index (χ3v) is 4.96. The van der Waals surface area contributed by atoms with Gasteiger partial charge in [-0.3, -0.25) is 19.7 Å². The van der Waals surface area contributed by atoms with Gasteiger partial charge in [-0.25, -0.2) is 0 Å². The Balaban J connectivity index is 2.54. The summed E-state index contributed by atoms with van der Waals surface area (Å²) < 4.78 is 6.33. The van der Waals surface area contributed by atoms with Crippen molar-refractivity contribution >= 4 is 27.7 Å². The highest BCUT2D eigenvalue weighted by Crippen LogP contribution is 2.48. The molecule has 1 fully saturated rings. The van der Waals surface area contributed by atoms with E-state index >= 15 is 0 Å². The van der Waals surface area contributed by atoms with E-state index in [1.165, 1.54) is 0 Å². The number of ketones is 1. The van der Waals surface area contributed by atoms with Gasteiger partial charge in [0.25, 0.3) is 0 Å². The van der Waals surface area contributed by atoms with Crippen LogP contribution in [0, 0.1) is 15.5 Å². The molecule has 7 heteroatoms. The lowest BCUT2D eigenvalue weighted by Crippen LogP contribution is -2.47. The van der Waals surface area contributed by atoms with Crippen LogP contribution >= 0.6 is 15.9 Å². The molecule has 25 heavy (non-hydrogen) atoms. The summed E-state index contributed by atoms with van der Waals surface area (Å²) in [5.41, 5.74) is -1.67. The lowest BCUT2D eigenvalue weighted by molar-refractivity contribution is -0.485. The van der Waals surface area contributed by atoms with Crippen LogP contribution in [-0.2, 0) is 14.3 Å². The van der Waals surface area contributed by atoms with E-state index in [4.69, 9.17) is 4.74 Å². The second-order valence-electron chi connectivity index (χ2n) is 7.37. The fraction of sp³-hybridized carbons (Fsp3) is 0.556. The van der Waals surface area contributed by atoms with Gasteiger partial charge in [0, 0.05) is 15.8 Å². The van der Waals surface area contributed by atoms with Crippen LogP contribution < -0.4 is 0 Å². The number of hydrogen-bond donors (Lipinski definition) is 0. The molecule has 0 spiro atoms. The normalized spacial score (nSPS) is 21.8. The molecule has 1 aliphatic rings. The van der Waals surface area contributed by atoms with Crippen molar-refractivity contribution in [2.75, 3.05) is 6.54 Å². The number of halogens is 1. The number of ether oxygens (including phenoxy) is 1. The molecule has 0 amide bonds. The topological polar surface area (TPSA) is 86.5 Å². The molecule has 1 aromatic carbocycles. The van der Waals surface area contributed by atoms with Crippen LogP contribution in [0.4, 0.5) is 0 Å². The molecule has 0 aromatic heterocycles. The molecule has 0 radical (unpaired) electrons. The smallest absolute Gasteiger partial charge is 0.321 e. The lowest BCUT2D eigenvalue weighted by atomic mass is 9.69. The van der Waals surface area contributed by atoms with Gasteiger partial charge in [0.1, 0.15) is 11.0 Å². The van der Waals surface area contributed by atoms with Crippen LogP contribution in [0.25, 0.3) is 0 Å². The second-order valence-corrected chi connectivity index (χ2v) is 8.29. The summed E-state index contributed by atoms with van der Waals surface area (Å²) in [7, 11) is 0. The number of nitrogens with zero attached hydrogens (tertiary/aromatic N) is 1. The zero-order valence-electron chi connectivity index (χ0n) is 14.6. The van der Waals surface area contributed by atoms with E-state index in [1.54, 1.807) is 45.0 Å². The third-order valence-electron chi connectivity index (χ3n) is 4.43. The highest BCUT2D eigenvalue weighted by Gasteiger charge is 2.58. The standard InChI is InChI=1S/C18H22BrNO5/c1-17(2,3)25-16(22)18(10-4-5-15(18)21)14(11-20(23)24)12-6-8-13(19)9-7-12/h6-9,14H,4-5,10-11H2,1-3H3. The highest BCUT2D eigenvalue weighted by molar-refractivity contribution is 9.10. The van der Waals surface area contributed by atoms with Gasteiger partial charge in [-0.15, -0.1) is 0 Å². The van der Waals surface area contributed by atoms with Crippen molar-refractivity contribution in [3.8, 4) is 0 Å². The zero-order chi connectivity index (χ0) is 18.8. The van der Waals surface area contributed by atoms with Gasteiger partial charge in [0.05, 0.1) is 5.92 Å². The molecule has 0 N–H and O–H groups in total. The van der Waals surface area contributed by atoms with Crippen molar-refractivity contribution in [2.24, 2.45) is 5.41 Å². The summed E-state index contributed by atoms with van der Waals surface area (Å²) in [6.07, 6.45) is 1.04. The van der Waals surface area contributed by atoms with E-state index in [0.717, 1.165) is 4.47 Å². The van der Waals surface area contributed by atoms with Crippen molar-refractivity contribution in [2.45, 2.75) is 51.6 Å². The minimum atomic E-state index is -1.49. The Morgan fingerprint density at radius 1 is 1.36 bits per heavy atom. The van der Waals surface area contributed by atoms with Crippen LogP contribution in [0.15, 0.2) is 28.7 Å². The van der Waals surface area contributed by atoms with E-state index in [9.17, 15) is 19.7 Å². The van der Waals surface area contributed by atoms with Gasteiger partial charge < -0.3 is 4.74 Å². The summed E-state index contributed by atoms with van der Waals surface area (Å²) in [5, 5.41) is 11.3. The maximum Gasteiger partial charge on any atom is 0.321 e. The number of carbonyl (C=O) groups is 2. The van der Waals surface area contributed by atoms with Gasteiger partial charge in [-0.05, 0) is 51.3 Å². The molecule has 1 aliphatic carbocycles. The molecule has 0 bridgehead atoms. The number of carbonyl (C=O) groups excluding carboxylic acids is 2. The third kappa shape index (κ3) is 4.26. The first-order valence-corrected chi connectivity index (χ1v) is 8.99. The van der Waals surface area contributed by atoms with Gasteiger partial charge >= 0.3 is 5.97 Å². The largest absolute Gasteiger partial charge is 0.459 e. The monoisotopic (exact) mass is 411 g/mol. The molecular formula is C18H22BrNO5. The Morgan fingerprint density at radius 3 is 2.40 bits per heavy atom. The Kier molecular flexibility index (Phi) is 5.66. The minimum absolute atomic E-state index is 0.240. The average Bonchev–Trinajstić information content (AvgIpc) is 2.86. The minimum Gasteiger partial charge on any atom is -0.459 e. The number of nitro groups is 1. The van der Waals surface area contributed by atoms with Crippen LogP contribution in [0.2, 0.25) is 0 Å². The Labute approximate surface area is 155 Å². The predicted molar refractivity (Wildman–Crippen MR) is 95.9 cm³/mol. The number of rotatable bonds is 5. The van der Waals surface area contributed by atoms with Gasteiger partial charge in [0.15, 0.2) is 5.78 Å². The molecular weight excluding hydrogens is 390 g/mol. The van der Waals surface area contributed by atoms with Crippen molar-refractivity contribution < 1.29 is 19.2 Å². The van der Waals surface area contributed by atoms with E-state index in [-0.39, 0.29) is 18.6 Å². The van der Waals surface area contributed by atoms with Crippen LogP contribution in [0.1, 0.15) is 51.5 Å². The van der Waals surface area contributed by atoms with Crippen LogP contribution in [-0.4, -0.2) is 28.8 Å². The molecule has 1 aromatic rings. The lowest BCUT2D eigenvalue weighted by Gasteiger charge is -2.34. The summed E-state index contributed by atoms with van der Waals surface area (Å²) in [5.74, 6) is -1.77. The van der Waals surface area contributed by atoms with Gasteiger partial charge in [-0.2, -0.15) is 0 Å². The number of esters is 1. The maximum absolute atomic E-state index is 13.0. The molecule has 2 atom stereocenters. The first kappa shape index (κ1) is 19.6. The quantitative estimate of drug-likeness (QED) is 0.317. The van der Waals surface area contributed by atoms with E-state index in [1.807, 2.05) is 0 Å². The summed E-state index contributed by atoms with van der Waals surface area (Å²) in [6, 6.07) is 6.95. The molecule has 1 saturated carbocycles. The van der Waals surface area contributed by atoms with Crippen molar-refractivity contribution in [3.05, 3.63) is 44.4 Å². The van der Waals surface area contributed by atoms with E-state index in [0.29, 0.717) is 12.0 Å². The van der Waals surface area contributed by atoms with Crippen molar-refractivity contribution in [1.82, 2.24) is 0 Å². The molecule has 136 valence electrons. The number of Topliss-reactive ketones (excluding diaryl/α,β-unsaturated/α-hetero) is 1. The zero-order valence-corrected chi connectivity index (χ0v) is 16.2. The molecule has 2 rings (SSSR count). The van der Waals surface area contributed by atoms with Crippen molar-refractivity contribution in [3.63, 3.8) is 0 Å². The summed E-state index contributed by atoms with van der Waals surface area (Å²) >= 11 is 3.33.